The van der Waals surface area contributed by atoms with Gasteiger partial charge in [-0.05, 0) is 32.4 Å². The first-order chi connectivity index (χ1) is 12.6. The summed E-state index contributed by atoms with van der Waals surface area (Å²) in [7, 11) is 1.41. The fourth-order valence-electron chi connectivity index (χ4n) is 3.70. The lowest BCUT2D eigenvalue weighted by atomic mass is 10.1. The second kappa shape index (κ2) is 10.1. The van der Waals surface area contributed by atoms with Crippen LogP contribution in [0.5, 0.6) is 0 Å². The molecule has 2 atom stereocenters. The first-order valence-electron chi connectivity index (χ1n) is 9.44. The zero-order valence-electron chi connectivity index (χ0n) is 16.1. The molecule has 2 fully saturated rings. The van der Waals surface area contributed by atoms with Gasteiger partial charge in [-0.1, -0.05) is 0 Å². The van der Waals surface area contributed by atoms with Crippen LogP contribution in [0.1, 0.15) is 42.7 Å². The van der Waals surface area contributed by atoms with Gasteiger partial charge in [-0.2, -0.15) is 5.10 Å². The third-order valence-corrected chi connectivity index (χ3v) is 5.39. The first-order valence-corrected chi connectivity index (χ1v) is 9.44. The normalized spacial score (nSPS) is 22.0. The van der Waals surface area contributed by atoms with Gasteiger partial charge in [0.1, 0.15) is 5.69 Å². The third kappa shape index (κ3) is 5.43. The van der Waals surface area contributed by atoms with Crippen LogP contribution in [-0.2, 0) is 9.53 Å². The number of ether oxygens (including phenoxy) is 1. The zero-order valence-corrected chi connectivity index (χ0v) is 16.9. The van der Waals surface area contributed by atoms with Crippen molar-refractivity contribution in [2.24, 2.45) is 0 Å². The maximum Gasteiger partial charge on any atom is 0.307 e. The van der Waals surface area contributed by atoms with Crippen LogP contribution in [-0.4, -0.2) is 83.9 Å². The van der Waals surface area contributed by atoms with Crippen molar-refractivity contribution in [1.82, 2.24) is 24.9 Å². The Hall–Kier alpha value is -1.64. The Balaban J connectivity index is 0.00000261. The van der Waals surface area contributed by atoms with Gasteiger partial charge in [-0.3, -0.25) is 19.2 Å². The maximum atomic E-state index is 12.7. The van der Waals surface area contributed by atoms with Gasteiger partial charge in [-0.25, -0.2) is 0 Å². The molecule has 27 heavy (non-hydrogen) atoms. The summed E-state index contributed by atoms with van der Waals surface area (Å²) in [4.78, 5) is 28.2. The molecule has 1 aromatic rings. The highest BCUT2D eigenvalue weighted by Crippen LogP contribution is 2.17. The van der Waals surface area contributed by atoms with Crippen LogP contribution in [0, 0.1) is 0 Å². The van der Waals surface area contributed by atoms with Crippen LogP contribution >= 0.6 is 12.4 Å². The van der Waals surface area contributed by atoms with E-state index in [4.69, 9.17) is 4.74 Å². The first kappa shape index (κ1) is 21.7. The highest BCUT2D eigenvalue weighted by atomic mass is 35.5. The summed E-state index contributed by atoms with van der Waals surface area (Å²) >= 11 is 0. The topological polar surface area (TPSA) is 79.7 Å². The molecule has 152 valence electrons. The molecule has 2 aliphatic rings. The number of nitrogens with zero attached hydrogens (tertiary/aromatic N) is 4. The van der Waals surface area contributed by atoms with Crippen molar-refractivity contribution in [1.29, 1.82) is 0 Å². The molecule has 0 spiro atoms. The number of hydrogen-bond acceptors (Lipinski definition) is 6. The Labute approximate surface area is 166 Å². The molecule has 2 saturated heterocycles. The minimum absolute atomic E-state index is 0. The second-order valence-electron chi connectivity index (χ2n) is 7.14. The fraction of sp³-hybridized carbons (Fsp3) is 0.722. The minimum atomic E-state index is -0.196. The number of hydrogen-bond donors (Lipinski definition) is 1. The minimum Gasteiger partial charge on any atom is -0.469 e. The smallest absolute Gasteiger partial charge is 0.307 e. The number of piperazine rings is 1. The van der Waals surface area contributed by atoms with E-state index in [-0.39, 0.29) is 30.3 Å². The Bertz CT molecular complexity index is 624. The zero-order chi connectivity index (χ0) is 18.5. The van der Waals surface area contributed by atoms with Gasteiger partial charge < -0.3 is 15.0 Å². The van der Waals surface area contributed by atoms with Crippen LogP contribution in [0.15, 0.2) is 12.3 Å². The van der Waals surface area contributed by atoms with E-state index in [2.05, 4.69) is 15.3 Å². The van der Waals surface area contributed by atoms with E-state index in [0.29, 0.717) is 31.2 Å². The molecule has 8 nitrogen and oxygen atoms in total. The Morgan fingerprint density at radius 3 is 2.70 bits per heavy atom. The quantitative estimate of drug-likeness (QED) is 0.742. The summed E-state index contributed by atoms with van der Waals surface area (Å²) in [5.41, 5.74) is 0.520. The lowest BCUT2D eigenvalue weighted by Gasteiger charge is -2.37. The van der Waals surface area contributed by atoms with Crippen molar-refractivity contribution in [2.45, 2.75) is 38.3 Å². The summed E-state index contributed by atoms with van der Waals surface area (Å²) in [5.74, 6) is -0.202. The van der Waals surface area contributed by atoms with E-state index < -0.39 is 0 Å². The summed E-state index contributed by atoms with van der Waals surface area (Å²) < 4.78 is 6.66. The highest BCUT2D eigenvalue weighted by molar-refractivity contribution is 5.92. The fourth-order valence-corrected chi connectivity index (χ4v) is 3.70. The molecule has 3 heterocycles. The number of aromatic nitrogens is 2. The van der Waals surface area contributed by atoms with Gasteiger partial charge >= 0.3 is 5.97 Å². The summed E-state index contributed by atoms with van der Waals surface area (Å²) in [6.45, 7) is 6.82. The van der Waals surface area contributed by atoms with Crippen molar-refractivity contribution in [3.05, 3.63) is 18.0 Å². The highest BCUT2D eigenvalue weighted by Gasteiger charge is 2.27. The van der Waals surface area contributed by atoms with Crippen LogP contribution in [0.25, 0.3) is 0 Å². The van der Waals surface area contributed by atoms with Crippen molar-refractivity contribution < 1.29 is 14.3 Å². The van der Waals surface area contributed by atoms with Crippen LogP contribution in [0.4, 0.5) is 0 Å². The number of rotatable bonds is 5. The predicted octanol–water partition coefficient (Wildman–Crippen LogP) is 0.939. The maximum absolute atomic E-state index is 12.7. The Morgan fingerprint density at radius 1 is 1.33 bits per heavy atom. The number of halogens is 1. The van der Waals surface area contributed by atoms with E-state index in [1.54, 1.807) is 0 Å². The largest absolute Gasteiger partial charge is 0.469 e. The van der Waals surface area contributed by atoms with E-state index in [0.717, 1.165) is 39.0 Å². The van der Waals surface area contributed by atoms with E-state index in [9.17, 15) is 9.59 Å². The molecule has 0 bridgehead atoms. The number of nitrogens with one attached hydrogen (secondary N) is 1. The van der Waals surface area contributed by atoms with Crippen LogP contribution < -0.4 is 5.32 Å². The van der Waals surface area contributed by atoms with Gasteiger partial charge in [0.05, 0.1) is 19.6 Å². The molecule has 9 heteroatoms. The molecule has 1 amide bonds. The molecule has 1 aromatic heterocycles. The third-order valence-electron chi connectivity index (χ3n) is 5.39. The van der Waals surface area contributed by atoms with Gasteiger partial charge in [0.25, 0.3) is 5.91 Å². The van der Waals surface area contributed by atoms with E-state index >= 15 is 0 Å². The molecular weight excluding hydrogens is 370 g/mol. The number of methoxy groups -OCH3 is 1. The molecule has 1 N–H and O–H groups in total. The Morgan fingerprint density at radius 2 is 2.07 bits per heavy atom. The van der Waals surface area contributed by atoms with E-state index in [1.165, 1.54) is 7.11 Å². The second-order valence-corrected chi connectivity index (χ2v) is 7.14. The SMILES string of the molecule is COC(=O)CC(C)N1CCN(C(=O)c2ccn(C3CCCNC3)n2)CC1.Cl. The van der Waals surface area contributed by atoms with Crippen molar-refractivity contribution in [3.8, 4) is 0 Å². The average molecular weight is 400 g/mol. The molecule has 2 unspecified atom stereocenters. The molecule has 0 saturated carbocycles. The lowest BCUT2D eigenvalue weighted by Crippen LogP contribution is -2.51. The van der Waals surface area contributed by atoms with E-state index in [1.807, 2.05) is 28.8 Å². The van der Waals surface area contributed by atoms with Gasteiger partial charge in [-0.15, -0.1) is 12.4 Å². The van der Waals surface area contributed by atoms with Gasteiger partial charge in [0.15, 0.2) is 0 Å². The van der Waals surface area contributed by atoms with Crippen molar-refractivity contribution >= 4 is 24.3 Å². The lowest BCUT2D eigenvalue weighted by molar-refractivity contribution is -0.142. The number of amides is 1. The summed E-state index contributed by atoms with van der Waals surface area (Å²) in [5, 5.41) is 7.90. The molecule has 0 aliphatic carbocycles. The van der Waals surface area contributed by atoms with Gasteiger partial charge in [0.2, 0.25) is 0 Å². The van der Waals surface area contributed by atoms with Crippen LogP contribution in [0.3, 0.4) is 0 Å². The number of esters is 1. The molecule has 0 radical (unpaired) electrons. The number of piperidine rings is 1. The number of carbonyl (C=O) groups is 2. The average Bonchev–Trinajstić information content (AvgIpc) is 3.18. The molecule has 0 aromatic carbocycles. The molecular formula is C18H30ClN5O3. The van der Waals surface area contributed by atoms with Crippen molar-refractivity contribution in [2.75, 3.05) is 46.4 Å². The molecule has 2 aliphatic heterocycles. The van der Waals surface area contributed by atoms with Gasteiger partial charge in [0, 0.05) is 45.0 Å². The number of carbonyl (C=O) groups excluding carboxylic acids is 2. The summed E-state index contributed by atoms with van der Waals surface area (Å²) in [6.07, 6.45) is 4.53. The predicted molar refractivity (Wildman–Crippen MR) is 104 cm³/mol. The Kier molecular flexibility index (Phi) is 8.07. The van der Waals surface area contributed by atoms with Crippen LogP contribution in [0.2, 0.25) is 0 Å². The van der Waals surface area contributed by atoms with Crippen molar-refractivity contribution in [3.63, 3.8) is 0 Å². The monoisotopic (exact) mass is 399 g/mol. The summed E-state index contributed by atoms with van der Waals surface area (Å²) in [6, 6.07) is 2.28. The molecule has 3 rings (SSSR count). The standard InChI is InChI=1S/C18H29N5O3.ClH/c1-14(12-17(24)26-2)21-8-10-22(11-9-21)18(25)16-5-7-23(20-16)15-4-3-6-19-13-15;/h5,7,14-15,19H,3-4,6,8-13H2,1-2H3;1H.